The third-order valence-corrected chi connectivity index (χ3v) is 19.4. The molecule has 0 aromatic heterocycles. The first-order valence-corrected chi connectivity index (χ1v) is 42.0. The van der Waals surface area contributed by atoms with Gasteiger partial charge >= 0.3 is 39.5 Å². The third-order valence-electron chi connectivity index (χ3n) is 17.5. The molecule has 0 heterocycles. The lowest BCUT2D eigenvalue weighted by Crippen LogP contribution is -2.30. The topological polar surface area (TPSA) is 237 Å². The van der Waals surface area contributed by atoms with Gasteiger partial charge in [-0.2, -0.15) is 0 Å². The van der Waals surface area contributed by atoms with Crippen molar-refractivity contribution >= 4 is 39.5 Å². The molecule has 5 atom stereocenters. The maximum atomic E-state index is 13.1. The summed E-state index contributed by atoms with van der Waals surface area (Å²) in [6.07, 6.45) is 54.1. The van der Waals surface area contributed by atoms with Gasteiger partial charge < -0.3 is 33.8 Å². The molecule has 0 fully saturated rings. The van der Waals surface area contributed by atoms with Gasteiger partial charge in [-0.15, -0.1) is 0 Å². The first-order chi connectivity index (χ1) is 45.4. The molecule has 0 bridgehead atoms. The van der Waals surface area contributed by atoms with Gasteiger partial charge in [0.25, 0.3) is 0 Å². The Balaban J connectivity index is 5.25. The van der Waals surface area contributed by atoms with E-state index in [9.17, 15) is 43.2 Å². The number of aliphatic hydroxyl groups is 1. The number of carbonyl (C=O) groups is 4. The molecule has 0 radical (unpaired) electrons. The molecule has 2 unspecified atom stereocenters. The van der Waals surface area contributed by atoms with Crippen LogP contribution < -0.4 is 0 Å². The van der Waals surface area contributed by atoms with Crippen LogP contribution >= 0.6 is 15.6 Å². The van der Waals surface area contributed by atoms with E-state index in [-0.39, 0.29) is 25.7 Å². The van der Waals surface area contributed by atoms with Crippen molar-refractivity contribution in [2.45, 2.75) is 407 Å². The summed E-state index contributed by atoms with van der Waals surface area (Å²) in [6.45, 7) is 9.55. The largest absolute Gasteiger partial charge is 0.472 e. The maximum absolute atomic E-state index is 13.1. The highest BCUT2D eigenvalue weighted by Gasteiger charge is 2.30. The van der Waals surface area contributed by atoms with Crippen LogP contribution in [0.3, 0.4) is 0 Å². The fourth-order valence-corrected chi connectivity index (χ4v) is 13.1. The van der Waals surface area contributed by atoms with E-state index >= 15 is 0 Å². The molecule has 94 heavy (non-hydrogen) atoms. The van der Waals surface area contributed by atoms with Crippen LogP contribution in [0.25, 0.3) is 0 Å². The van der Waals surface area contributed by atoms with Crippen molar-refractivity contribution in [3.05, 3.63) is 0 Å². The minimum atomic E-state index is -4.96. The third kappa shape index (κ3) is 68.6. The smallest absolute Gasteiger partial charge is 0.462 e. The monoisotopic (exact) mass is 1380 g/mol. The summed E-state index contributed by atoms with van der Waals surface area (Å²) in [7, 11) is -9.91. The van der Waals surface area contributed by atoms with Crippen molar-refractivity contribution in [1.82, 2.24) is 0 Å². The lowest BCUT2D eigenvalue weighted by atomic mass is 10.0. The summed E-state index contributed by atoms with van der Waals surface area (Å²) >= 11 is 0. The van der Waals surface area contributed by atoms with Gasteiger partial charge in [0.1, 0.15) is 19.3 Å². The molecule has 0 aliphatic rings. The number of esters is 4. The van der Waals surface area contributed by atoms with Crippen molar-refractivity contribution in [1.29, 1.82) is 0 Å². The Labute approximate surface area is 575 Å². The van der Waals surface area contributed by atoms with Gasteiger partial charge in [-0.3, -0.25) is 37.3 Å². The number of carbonyl (C=O) groups excluding carboxylic acids is 4. The lowest BCUT2D eigenvalue weighted by molar-refractivity contribution is -0.161. The molecule has 0 aromatic carbocycles. The Morgan fingerprint density at radius 1 is 0.287 bits per heavy atom. The highest BCUT2D eigenvalue weighted by molar-refractivity contribution is 7.47. The molecular weight excluding hydrogens is 1230 g/mol. The fraction of sp³-hybridized carbons (Fsp3) is 0.947. The Kier molecular flexibility index (Phi) is 65.5. The molecule has 0 rings (SSSR count). The van der Waals surface area contributed by atoms with Crippen LogP contribution in [0.4, 0.5) is 0 Å². The SMILES string of the molecule is CCCCCCCCCCCCCCCCCCC(=O)O[C@H](COC(=O)CCCCCCCCCCCCCCC(C)C)COP(=O)(O)OC[C@@H](O)COP(=O)(O)OC[C@@H](COC(=O)CCCCCCCCCC(C)C)OC(=O)CCCCCCCCCCCCCCC. The first-order valence-electron chi connectivity index (χ1n) is 39.0. The van der Waals surface area contributed by atoms with Crippen LogP contribution in [0.1, 0.15) is 388 Å². The van der Waals surface area contributed by atoms with E-state index in [0.717, 1.165) is 102 Å². The predicted molar refractivity (Wildman–Crippen MR) is 381 cm³/mol. The van der Waals surface area contributed by atoms with Gasteiger partial charge in [0.2, 0.25) is 0 Å². The summed E-state index contributed by atoms with van der Waals surface area (Å²) in [5.74, 6) is -0.628. The summed E-state index contributed by atoms with van der Waals surface area (Å²) < 4.78 is 68.5. The molecule has 0 aliphatic carbocycles. The Bertz CT molecular complexity index is 1820. The predicted octanol–water partition coefficient (Wildman–Crippen LogP) is 21.9. The molecule has 0 spiro atoms. The standard InChI is InChI=1S/C75H146O17P2/c1-7-9-11-13-15-17-19-21-22-23-25-31-35-41-48-54-60-75(80)91-70(63-85-72(77)57-51-45-39-33-29-27-26-28-32-37-43-49-55-67(3)4)65-89-93(81,82)87-61-69(76)62-88-94(83,84)90-66-71(64-86-73(78)58-52-46-42-36-38-44-50-56-68(5)6)92-74(79)59-53-47-40-34-30-24-20-18-16-14-12-10-8-2/h67-71,76H,7-66H2,1-6H3,(H,81,82)(H,83,84)/t69-,70-,71-/m1/s1. The molecule has 19 heteroatoms. The summed E-state index contributed by atoms with van der Waals surface area (Å²) in [6, 6.07) is 0. The first kappa shape index (κ1) is 92.1. The molecule has 0 aliphatic heterocycles. The minimum absolute atomic E-state index is 0.107. The van der Waals surface area contributed by atoms with Gasteiger partial charge in [-0.25, -0.2) is 9.13 Å². The maximum Gasteiger partial charge on any atom is 0.472 e. The van der Waals surface area contributed by atoms with E-state index in [2.05, 4.69) is 41.5 Å². The minimum Gasteiger partial charge on any atom is -0.462 e. The molecular formula is C75H146O17P2. The molecule has 0 amide bonds. The van der Waals surface area contributed by atoms with Crippen LogP contribution in [0, 0.1) is 11.8 Å². The number of phosphoric ester groups is 2. The van der Waals surface area contributed by atoms with E-state index in [0.29, 0.717) is 31.6 Å². The Morgan fingerprint density at radius 3 is 0.723 bits per heavy atom. The molecule has 0 saturated carbocycles. The number of hydrogen-bond donors (Lipinski definition) is 3. The quantitative estimate of drug-likeness (QED) is 0.0222. The van der Waals surface area contributed by atoms with Gasteiger partial charge in [0.05, 0.1) is 26.4 Å². The van der Waals surface area contributed by atoms with Crippen LogP contribution in [-0.4, -0.2) is 96.7 Å². The number of unbranched alkanes of at least 4 members (excludes halogenated alkanes) is 44. The van der Waals surface area contributed by atoms with Crippen molar-refractivity contribution in [3.8, 4) is 0 Å². The number of hydrogen-bond acceptors (Lipinski definition) is 15. The van der Waals surface area contributed by atoms with Crippen molar-refractivity contribution in [2.75, 3.05) is 39.6 Å². The van der Waals surface area contributed by atoms with Crippen LogP contribution in [0.2, 0.25) is 0 Å². The molecule has 558 valence electrons. The summed E-state index contributed by atoms with van der Waals surface area (Å²) in [5.41, 5.74) is 0. The molecule has 0 aromatic rings. The zero-order chi connectivity index (χ0) is 69.3. The number of aliphatic hydroxyl groups excluding tert-OH is 1. The highest BCUT2D eigenvalue weighted by atomic mass is 31.2. The van der Waals surface area contributed by atoms with Crippen LogP contribution in [0.5, 0.6) is 0 Å². The molecule has 3 N–H and O–H groups in total. The van der Waals surface area contributed by atoms with Crippen LogP contribution in [0.15, 0.2) is 0 Å². The van der Waals surface area contributed by atoms with E-state index < -0.39 is 97.5 Å². The van der Waals surface area contributed by atoms with E-state index in [4.69, 9.17) is 37.0 Å². The van der Waals surface area contributed by atoms with Crippen molar-refractivity contribution < 1.29 is 80.2 Å². The fourth-order valence-electron chi connectivity index (χ4n) is 11.5. The number of phosphoric acid groups is 2. The second kappa shape index (κ2) is 66.9. The zero-order valence-corrected chi connectivity index (χ0v) is 63.1. The van der Waals surface area contributed by atoms with Gasteiger partial charge in [0.15, 0.2) is 12.2 Å². The number of ether oxygens (including phenoxy) is 4. The van der Waals surface area contributed by atoms with Gasteiger partial charge in [0, 0.05) is 25.7 Å². The summed E-state index contributed by atoms with van der Waals surface area (Å²) in [5, 5.41) is 10.6. The second-order valence-corrected chi connectivity index (χ2v) is 30.9. The normalized spacial score (nSPS) is 14.0. The summed E-state index contributed by atoms with van der Waals surface area (Å²) in [4.78, 5) is 72.8. The van der Waals surface area contributed by atoms with Crippen molar-refractivity contribution in [2.24, 2.45) is 11.8 Å². The lowest BCUT2D eigenvalue weighted by Gasteiger charge is -2.21. The second-order valence-electron chi connectivity index (χ2n) is 28.0. The Morgan fingerprint density at radius 2 is 0.489 bits per heavy atom. The number of rotatable bonds is 74. The van der Waals surface area contributed by atoms with E-state index in [1.807, 2.05) is 0 Å². The van der Waals surface area contributed by atoms with Crippen molar-refractivity contribution in [3.63, 3.8) is 0 Å². The van der Waals surface area contributed by atoms with Gasteiger partial charge in [-0.05, 0) is 37.5 Å². The Hall–Kier alpha value is -1.94. The zero-order valence-electron chi connectivity index (χ0n) is 61.3. The average Bonchev–Trinajstić information content (AvgIpc) is 2.02. The van der Waals surface area contributed by atoms with E-state index in [1.165, 1.54) is 199 Å². The average molecular weight is 1380 g/mol. The molecule has 17 nitrogen and oxygen atoms in total. The van der Waals surface area contributed by atoms with Gasteiger partial charge in [-0.1, -0.05) is 337 Å². The van der Waals surface area contributed by atoms with E-state index in [1.54, 1.807) is 0 Å². The molecule has 0 saturated heterocycles. The highest BCUT2D eigenvalue weighted by Crippen LogP contribution is 2.45. The van der Waals surface area contributed by atoms with Crippen LogP contribution in [-0.2, 0) is 65.4 Å².